The Balaban J connectivity index is 1.75. The van der Waals surface area contributed by atoms with Gasteiger partial charge >= 0.3 is 6.09 Å². The molecule has 0 N–H and O–H groups in total. The summed E-state index contributed by atoms with van der Waals surface area (Å²) in [6, 6.07) is 4.12. The molecule has 2 rings (SSSR count). The normalized spacial score (nSPS) is 15.6. The van der Waals surface area contributed by atoms with Crippen molar-refractivity contribution in [3.8, 4) is 0 Å². The maximum atomic E-state index is 12.6. The van der Waals surface area contributed by atoms with Crippen LogP contribution in [-0.2, 0) is 33.3 Å². The summed E-state index contributed by atoms with van der Waals surface area (Å²) in [7, 11) is -1.19. The molecule has 32 heavy (non-hydrogen) atoms. The van der Waals surface area contributed by atoms with Gasteiger partial charge in [-0.15, -0.1) is 0 Å². The number of pyridine rings is 1. The minimum absolute atomic E-state index is 0.318. The van der Waals surface area contributed by atoms with Crippen LogP contribution < -0.4 is 4.90 Å². The van der Waals surface area contributed by atoms with E-state index >= 15 is 0 Å². The van der Waals surface area contributed by atoms with Gasteiger partial charge in [0.1, 0.15) is 22.4 Å². The molecule has 0 fully saturated rings. The van der Waals surface area contributed by atoms with Gasteiger partial charge in [-0.05, 0) is 91.7 Å². The maximum Gasteiger partial charge on any atom is 0.416 e. The Bertz CT molecular complexity index is 812. The fourth-order valence-electron chi connectivity index (χ4n) is 3.13. The van der Waals surface area contributed by atoms with E-state index in [1.807, 2.05) is 47.6 Å². The summed E-state index contributed by atoms with van der Waals surface area (Å²) < 4.78 is 26.9. The zero-order valence-corrected chi connectivity index (χ0v) is 21.3. The third-order valence-electron chi connectivity index (χ3n) is 4.75. The second-order valence-electron chi connectivity index (χ2n) is 10.0. The van der Waals surface area contributed by atoms with Crippen LogP contribution in [-0.4, -0.2) is 51.6 Å². The number of fused-ring (bicyclic) bond motifs is 1. The highest BCUT2D eigenvalue weighted by molar-refractivity contribution is 7.85. The molecule has 1 amide bonds. The number of carbonyl (C=O) groups is 1. The monoisotopic (exact) mass is 465 g/mol. The van der Waals surface area contributed by atoms with Crippen LogP contribution in [0.15, 0.2) is 16.5 Å². The quantitative estimate of drug-likeness (QED) is 0.377. The van der Waals surface area contributed by atoms with Gasteiger partial charge in [-0.3, -0.25) is 4.90 Å². The summed E-state index contributed by atoms with van der Waals surface area (Å²) in [5.74, 6) is 0.732. The number of hydrogen-bond acceptors (Lipinski definition) is 5. The van der Waals surface area contributed by atoms with Crippen molar-refractivity contribution in [2.45, 2.75) is 90.4 Å². The molecule has 0 spiro atoms. The second kappa shape index (κ2) is 11.9. The largest absolute Gasteiger partial charge is 0.443 e. The maximum absolute atomic E-state index is 12.6. The number of aromatic nitrogens is 1. The van der Waals surface area contributed by atoms with E-state index in [1.165, 1.54) is 0 Å². The molecular formula is C24H39N3O4S. The number of rotatable bonds is 9. The molecular weight excluding hydrogens is 426 g/mol. The standard InChI is InChI=1S/C24H39N3O4S/c1-23(2,3)31-22(28)27-16-9-11-19-13-14-20(26-21(19)27)12-10-18-30-17-8-7-15-25-32(29)24(4,5)6/h13-15H,7-12,16-18H2,1-6H3/b25-15+/t32-/m1/s1. The fourth-order valence-corrected chi connectivity index (χ4v) is 3.68. The molecule has 1 aliphatic heterocycles. The second-order valence-corrected chi connectivity index (χ2v) is 12.0. The smallest absolute Gasteiger partial charge is 0.416 e. The minimum atomic E-state index is -1.19. The van der Waals surface area contributed by atoms with E-state index in [-0.39, 0.29) is 10.8 Å². The van der Waals surface area contributed by atoms with Gasteiger partial charge in [0.15, 0.2) is 0 Å². The Morgan fingerprint density at radius 2 is 1.91 bits per heavy atom. The predicted molar refractivity (Wildman–Crippen MR) is 131 cm³/mol. The van der Waals surface area contributed by atoms with Crippen LogP contribution in [0, 0.1) is 0 Å². The number of hydrogen-bond donors (Lipinski definition) is 0. The van der Waals surface area contributed by atoms with Crippen molar-refractivity contribution < 1.29 is 18.5 Å². The molecule has 0 unspecified atom stereocenters. The minimum Gasteiger partial charge on any atom is -0.443 e. The number of nitrogens with zero attached hydrogens (tertiary/aromatic N) is 3. The van der Waals surface area contributed by atoms with Gasteiger partial charge in [0.05, 0.1) is 4.75 Å². The van der Waals surface area contributed by atoms with Crippen molar-refractivity contribution in [2.24, 2.45) is 4.40 Å². The highest BCUT2D eigenvalue weighted by Gasteiger charge is 2.28. The molecule has 1 aliphatic rings. The average Bonchev–Trinajstić information content (AvgIpc) is 2.69. The Hall–Kier alpha value is -1.80. The first-order valence-electron chi connectivity index (χ1n) is 11.5. The van der Waals surface area contributed by atoms with Gasteiger partial charge in [-0.25, -0.2) is 14.0 Å². The van der Waals surface area contributed by atoms with Crippen LogP contribution in [0.5, 0.6) is 0 Å². The first-order chi connectivity index (χ1) is 15.0. The Kier molecular flexibility index (Phi) is 9.83. The lowest BCUT2D eigenvalue weighted by molar-refractivity contribution is 0.0576. The van der Waals surface area contributed by atoms with Crippen molar-refractivity contribution in [2.75, 3.05) is 24.7 Å². The van der Waals surface area contributed by atoms with Crippen LogP contribution in [0.3, 0.4) is 0 Å². The third kappa shape index (κ3) is 8.98. The number of unbranched alkanes of at least 4 members (excludes halogenated alkanes) is 1. The van der Waals surface area contributed by atoms with E-state index in [9.17, 15) is 9.00 Å². The summed E-state index contributed by atoms with van der Waals surface area (Å²) in [6.45, 7) is 13.3. The van der Waals surface area contributed by atoms with E-state index in [2.05, 4.69) is 10.5 Å². The summed E-state index contributed by atoms with van der Waals surface area (Å²) in [5.41, 5.74) is 1.52. The van der Waals surface area contributed by atoms with E-state index in [4.69, 9.17) is 14.5 Å². The Morgan fingerprint density at radius 3 is 2.59 bits per heavy atom. The number of amides is 1. The molecule has 7 nitrogen and oxygen atoms in total. The molecule has 0 bridgehead atoms. The van der Waals surface area contributed by atoms with Gasteiger partial charge in [0.25, 0.3) is 0 Å². The first-order valence-corrected chi connectivity index (χ1v) is 12.6. The van der Waals surface area contributed by atoms with Gasteiger partial charge in [-0.1, -0.05) is 6.07 Å². The van der Waals surface area contributed by atoms with Crippen molar-refractivity contribution in [1.82, 2.24) is 4.98 Å². The predicted octanol–water partition coefficient (Wildman–Crippen LogP) is 5.03. The van der Waals surface area contributed by atoms with Gasteiger partial charge < -0.3 is 9.47 Å². The fraction of sp³-hybridized carbons (Fsp3) is 0.708. The van der Waals surface area contributed by atoms with E-state index in [1.54, 1.807) is 11.1 Å². The average molecular weight is 466 g/mol. The van der Waals surface area contributed by atoms with Crippen molar-refractivity contribution >= 4 is 29.1 Å². The molecule has 1 atom stereocenters. The van der Waals surface area contributed by atoms with Gasteiger partial charge in [0.2, 0.25) is 0 Å². The van der Waals surface area contributed by atoms with Gasteiger partial charge in [0, 0.05) is 31.7 Å². The number of carbonyl (C=O) groups excluding carboxylic acids is 1. The topological polar surface area (TPSA) is 81.1 Å². The van der Waals surface area contributed by atoms with E-state index < -0.39 is 16.6 Å². The molecule has 8 heteroatoms. The summed E-state index contributed by atoms with van der Waals surface area (Å²) in [5, 5.41) is 0. The molecule has 1 aromatic rings. The lowest BCUT2D eigenvalue weighted by Crippen LogP contribution is -2.40. The molecule has 0 aromatic carbocycles. The highest BCUT2D eigenvalue weighted by atomic mass is 32.2. The summed E-state index contributed by atoms with van der Waals surface area (Å²) in [6.07, 6.45) is 6.51. The third-order valence-corrected chi connectivity index (χ3v) is 6.14. The molecule has 0 aliphatic carbocycles. The molecule has 1 aromatic heterocycles. The zero-order chi connectivity index (χ0) is 23.8. The number of aryl methyl sites for hydroxylation is 2. The van der Waals surface area contributed by atoms with Crippen LogP contribution >= 0.6 is 0 Å². The zero-order valence-electron chi connectivity index (χ0n) is 20.5. The lowest BCUT2D eigenvalue weighted by atomic mass is 10.0. The lowest BCUT2D eigenvalue weighted by Gasteiger charge is -2.31. The van der Waals surface area contributed by atoms with Crippen LogP contribution in [0.25, 0.3) is 0 Å². The highest BCUT2D eigenvalue weighted by Crippen LogP contribution is 2.27. The number of ether oxygens (including phenoxy) is 2. The SMILES string of the molecule is CC(C)(C)OC(=O)N1CCCc2ccc(CCCOCCC/C=N/[S@](=O)C(C)(C)C)nc21. The van der Waals surface area contributed by atoms with E-state index in [0.717, 1.165) is 55.6 Å². The summed E-state index contributed by atoms with van der Waals surface area (Å²) in [4.78, 5) is 19.0. The van der Waals surface area contributed by atoms with Crippen molar-refractivity contribution in [3.63, 3.8) is 0 Å². The molecule has 180 valence electrons. The molecule has 0 saturated carbocycles. The molecule has 0 radical (unpaired) electrons. The van der Waals surface area contributed by atoms with E-state index in [0.29, 0.717) is 19.8 Å². The Morgan fingerprint density at radius 1 is 1.19 bits per heavy atom. The van der Waals surface area contributed by atoms with Gasteiger partial charge in [-0.2, -0.15) is 4.40 Å². The van der Waals surface area contributed by atoms with Crippen LogP contribution in [0.2, 0.25) is 0 Å². The van der Waals surface area contributed by atoms with Crippen molar-refractivity contribution in [3.05, 3.63) is 23.4 Å². The first kappa shape index (κ1) is 26.5. The molecule has 2 heterocycles. The summed E-state index contributed by atoms with van der Waals surface area (Å²) >= 11 is 0. The number of anilines is 1. The Labute approximate surface area is 195 Å². The van der Waals surface area contributed by atoms with Crippen molar-refractivity contribution in [1.29, 1.82) is 0 Å². The molecule has 0 saturated heterocycles. The van der Waals surface area contributed by atoms with Crippen LogP contribution in [0.1, 0.15) is 78.5 Å². The van der Waals surface area contributed by atoms with Crippen LogP contribution in [0.4, 0.5) is 10.6 Å².